The van der Waals surface area contributed by atoms with E-state index in [0.717, 1.165) is 19.6 Å². The molecule has 1 aliphatic rings. The number of thioether (sulfide) groups is 1. The first-order valence-electron chi connectivity index (χ1n) is 12.5. The maximum absolute atomic E-state index is 13.0. The highest BCUT2D eigenvalue weighted by molar-refractivity contribution is 8.00. The molecule has 1 atom stereocenters. The number of rotatable bonds is 10. The van der Waals surface area contributed by atoms with E-state index in [2.05, 4.69) is 29.2 Å². The quantitative estimate of drug-likeness (QED) is 0.257. The second-order valence-electron chi connectivity index (χ2n) is 10.7. The van der Waals surface area contributed by atoms with E-state index in [1.807, 2.05) is 50.2 Å². The van der Waals surface area contributed by atoms with Crippen molar-refractivity contribution in [1.29, 1.82) is 0 Å². The van der Waals surface area contributed by atoms with Gasteiger partial charge in [-0.15, -0.1) is 11.8 Å². The Morgan fingerprint density at radius 2 is 1.50 bits per heavy atom. The fraction of sp³-hybridized carbons (Fsp3) is 0.483. The predicted molar refractivity (Wildman–Crippen MR) is 144 cm³/mol. The molecule has 0 aromatic heterocycles. The van der Waals surface area contributed by atoms with Gasteiger partial charge in [-0.25, -0.2) is 4.79 Å². The third-order valence-electron chi connectivity index (χ3n) is 6.21. The van der Waals surface area contributed by atoms with Gasteiger partial charge in [-0.3, -0.25) is 14.5 Å². The zero-order chi connectivity index (χ0) is 26.3. The van der Waals surface area contributed by atoms with Gasteiger partial charge in [0.2, 0.25) is 5.78 Å². The molecule has 0 saturated carbocycles. The molecule has 36 heavy (non-hydrogen) atoms. The molecule has 1 aliphatic heterocycles. The number of ether oxygens (including phenoxy) is 1. The van der Waals surface area contributed by atoms with Gasteiger partial charge in [-0.1, -0.05) is 81.4 Å². The minimum atomic E-state index is -0.810. The summed E-state index contributed by atoms with van der Waals surface area (Å²) in [4.78, 5) is 41.8. The van der Waals surface area contributed by atoms with Crippen LogP contribution in [0.25, 0.3) is 0 Å². The topological polar surface area (TPSA) is 66.9 Å². The minimum Gasteiger partial charge on any atom is -0.464 e. The van der Waals surface area contributed by atoms with Crippen LogP contribution in [0, 0.1) is 5.41 Å². The van der Waals surface area contributed by atoms with Crippen molar-refractivity contribution >= 4 is 29.4 Å². The van der Waals surface area contributed by atoms with Crippen LogP contribution in [0.5, 0.6) is 0 Å². The third kappa shape index (κ3) is 7.43. The van der Waals surface area contributed by atoms with Crippen LogP contribution in [0.2, 0.25) is 0 Å². The van der Waals surface area contributed by atoms with Gasteiger partial charge in [0.15, 0.2) is 0 Å². The fourth-order valence-electron chi connectivity index (χ4n) is 4.25. The Bertz CT molecular complexity index is 993. The van der Waals surface area contributed by atoms with Crippen LogP contribution in [0.4, 0.5) is 0 Å². The summed E-state index contributed by atoms with van der Waals surface area (Å²) in [6, 6.07) is 19.9. The molecule has 0 aliphatic carbocycles. The molecule has 0 N–H and O–H groups in total. The number of amides is 1. The average Bonchev–Trinajstić information content (AvgIpc) is 3.16. The lowest BCUT2D eigenvalue weighted by Crippen LogP contribution is -2.54. The Balaban J connectivity index is 1.58. The maximum Gasteiger partial charge on any atom is 0.329 e. The lowest BCUT2D eigenvalue weighted by molar-refractivity contribution is -0.159. The molecule has 0 bridgehead atoms. The molecule has 6 nitrogen and oxygen atoms in total. The molecule has 1 amide bonds. The number of carbonyl (C=O) groups is 3. The zero-order valence-corrected chi connectivity index (χ0v) is 22.8. The summed E-state index contributed by atoms with van der Waals surface area (Å²) in [6.07, 6.45) is 0.670. The largest absolute Gasteiger partial charge is 0.464 e. The normalized spacial score (nSPS) is 17.3. The molecule has 2 aromatic carbocycles. The highest BCUT2D eigenvalue weighted by Gasteiger charge is 2.50. The number of esters is 1. The molecule has 1 saturated heterocycles. The van der Waals surface area contributed by atoms with Gasteiger partial charge in [0.25, 0.3) is 5.91 Å². The predicted octanol–water partition coefficient (Wildman–Crippen LogP) is 4.92. The van der Waals surface area contributed by atoms with Crippen molar-refractivity contribution in [2.24, 2.45) is 5.41 Å². The van der Waals surface area contributed by atoms with Crippen molar-refractivity contribution in [3.8, 4) is 0 Å². The van der Waals surface area contributed by atoms with E-state index in [4.69, 9.17) is 4.74 Å². The summed E-state index contributed by atoms with van der Waals surface area (Å²) in [7, 11) is 0. The number of ketones is 1. The first-order chi connectivity index (χ1) is 17.0. The number of benzene rings is 2. The molecule has 1 fully saturated rings. The van der Waals surface area contributed by atoms with Gasteiger partial charge in [-0.2, -0.15) is 0 Å². The molecule has 0 radical (unpaired) electrons. The Kier molecular flexibility index (Phi) is 9.36. The van der Waals surface area contributed by atoms with Crippen LogP contribution in [0.3, 0.4) is 0 Å². The molecule has 0 unspecified atom stereocenters. The van der Waals surface area contributed by atoms with Gasteiger partial charge in [0.05, 0.1) is 11.5 Å². The molecule has 1 heterocycles. The van der Waals surface area contributed by atoms with E-state index in [0.29, 0.717) is 12.2 Å². The van der Waals surface area contributed by atoms with E-state index in [-0.39, 0.29) is 6.61 Å². The Hall–Kier alpha value is -2.64. The van der Waals surface area contributed by atoms with Crippen molar-refractivity contribution in [2.75, 3.05) is 18.9 Å². The number of hydrogen-bond acceptors (Lipinski definition) is 6. The van der Waals surface area contributed by atoms with E-state index in [9.17, 15) is 14.4 Å². The molecule has 2 aromatic rings. The minimum absolute atomic E-state index is 0.260. The summed E-state index contributed by atoms with van der Waals surface area (Å²) in [6.45, 7) is 11.5. The summed E-state index contributed by atoms with van der Waals surface area (Å²) in [5, 5.41) is 0. The van der Waals surface area contributed by atoms with Crippen molar-refractivity contribution in [2.45, 2.75) is 65.0 Å². The van der Waals surface area contributed by atoms with Crippen LogP contribution >= 0.6 is 11.8 Å². The number of hydrogen-bond donors (Lipinski definition) is 0. The second-order valence-corrected chi connectivity index (χ2v) is 12.4. The number of Topliss-reactive ketones (excluding diaryl/α,β-unsaturated/α-hetero) is 1. The van der Waals surface area contributed by atoms with Crippen molar-refractivity contribution in [1.82, 2.24) is 9.80 Å². The van der Waals surface area contributed by atoms with Crippen LogP contribution in [0.1, 0.15) is 52.2 Å². The van der Waals surface area contributed by atoms with Crippen LogP contribution in [-0.2, 0) is 32.2 Å². The van der Waals surface area contributed by atoms with Crippen molar-refractivity contribution in [3.63, 3.8) is 0 Å². The lowest BCUT2D eigenvalue weighted by Gasteiger charge is -2.34. The highest BCUT2D eigenvalue weighted by atomic mass is 32.2. The van der Waals surface area contributed by atoms with Crippen molar-refractivity contribution < 1.29 is 19.1 Å². The summed E-state index contributed by atoms with van der Waals surface area (Å²) in [5.41, 5.74) is 1.65. The first-order valence-corrected chi connectivity index (χ1v) is 13.5. The van der Waals surface area contributed by atoms with Gasteiger partial charge < -0.3 is 9.64 Å². The molecule has 0 spiro atoms. The molecule has 3 rings (SSSR count). The Morgan fingerprint density at radius 3 is 2.00 bits per heavy atom. The second kappa shape index (κ2) is 12.1. The number of nitrogens with zero attached hydrogens (tertiary/aromatic N) is 2. The smallest absolute Gasteiger partial charge is 0.329 e. The highest BCUT2D eigenvalue weighted by Crippen LogP contribution is 2.40. The van der Waals surface area contributed by atoms with E-state index < -0.39 is 34.0 Å². The number of carbonyl (C=O) groups excluding carboxylic acids is 3. The van der Waals surface area contributed by atoms with E-state index in [1.54, 1.807) is 20.8 Å². The van der Waals surface area contributed by atoms with Gasteiger partial charge in [0.1, 0.15) is 6.04 Å². The average molecular weight is 511 g/mol. The summed E-state index contributed by atoms with van der Waals surface area (Å²) in [5.74, 6) is -1.13. The lowest BCUT2D eigenvalue weighted by atomic mass is 9.89. The first kappa shape index (κ1) is 27.9. The standard InChI is InChI=1S/C29H38N2O4S/c1-28(2,3)25(32)26(33)31-24(21-36-29(31,4)5)27(34)35-18-12-17-30(19-22-13-8-6-9-14-22)20-23-15-10-7-11-16-23/h6-11,13-16,24H,12,17-21H2,1-5H3/t24-/m0/s1. The molecular weight excluding hydrogens is 472 g/mol. The van der Waals surface area contributed by atoms with E-state index in [1.165, 1.54) is 27.8 Å². The molecular formula is C29H38N2O4S. The SMILES string of the molecule is CC(C)(C)C(=O)C(=O)N1[C@H](C(=O)OCCCN(Cc2ccccc2)Cc2ccccc2)CSC1(C)C. The Labute approximate surface area is 219 Å². The van der Waals surface area contributed by atoms with Crippen LogP contribution in [-0.4, -0.2) is 57.3 Å². The van der Waals surface area contributed by atoms with Gasteiger partial charge in [0, 0.05) is 30.8 Å². The van der Waals surface area contributed by atoms with Crippen molar-refractivity contribution in [3.05, 3.63) is 71.8 Å². The monoisotopic (exact) mass is 510 g/mol. The van der Waals surface area contributed by atoms with Gasteiger partial charge >= 0.3 is 5.97 Å². The Morgan fingerprint density at radius 1 is 0.972 bits per heavy atom. The van der Waals surface area contributed by atoms with Gasteiger partial charge in [-0.05, 0) is 31.4 Å². The van der Waals surface area contributed by atoms with Crippen LogP contribution < -0.4 is 0 Å². The van der Waals surface area contributed by atoms with Crippen LogP contribution in [0.15, 0.2) is 60.7 Å². The third-order valence-corrected chi connectivity index (χ3v) is 7.60. The summed E-state index contributed by atoms with van der Waals surface area (Å²) >= 11 is 1.49. The molecule has 194 valence electrons. The maximum atomic E-state index is 13.0. The zero-order valence-electron chi connectivity index (χ0n) is 22.0. The van der Waals surface area contributed by atoms with E-state index >= 15 is 0 Å². The molecule has 7 heteroatoms. The summed E-state index contributed by atoms with van der Waals surface area (Å²) < 4.78 is 5.63. The fourth-order valence-corrected chi connectivity index (χ4v) is 5.45.